The summed E-state index contributed by atoms with van der Waals surface area (Å²) in [5.74, 6) is -1.83. The number of hydrogen-bond acceptors (Lipinski definition) is 11. The number of methoxy groups -OCH3 is 1. The van der Waals surface area contributed by atoms with E-state index in [1.54, 1.807) is 59.2 Å². The van der Waals surface area contributed by atoms with Crippen molar-refractivity contribution in [1.29, 1.82) is 0 Å². The number of carbonyl (C=O) groups excluding carboxylic acids is 4. The first kappa shape index (κ1) is 41.6. The van der Waals surface area contributed by atoms with Crippen LogP contribution in [0.15, 0.2) is 102 Å². The highest BCUT2D eigenvalue weighted by Gasteiger charge is 2.61. The summed E-state index contributed by atoms with van der Waals surface area (Å²) in [6.45, 7) is 8.77. The van der Waals surface area contributed by atoms with E-state index in [9.17, 15) is 27.6 Å². The molecule has 1 saturated heterocycles. The molecule has 0 spiro atoms. The van der Waals surface area contributed by atoms with Crippen LogP contribution >= 0.6 is 0 Å². The van der Waals surface area contributed by atoms with Gasteiger partial charge in [0.1, 0.15) is 40.8 Å². The number of carbonyl (C=O) groups is 4. The van der Waals surface area contributed by atoms with Crippen molar-refractivity contribution in [2.75, 3.05) is 27.2 Å². The number of nitrogens with one attached hydrogen (secondary N) is 4. The van der Waals surface area contributed by atoms with Crippen molar-refractivity contribution in [3.63, 3.8) is 0 Å². The summed E-state index contributed by atoms with van der Waals surface area (Å²) in [7, 11) is -1.12. The van der Waals surface area contributed by atoms with Gasteiger partial charge in [-0.1, -0.05) is 54.6 Å². The standard InChI is InChI=1S/C42H48N6O9S/c1-7-27-23-42(27,39(51)47-58(53,54)30-16-12-9-13-17-30)46-37(49)35-21-29(25-48(35)38(50)34(24-43-5)45-40(52)57-41(2,3)4)56-36-22-32(26-14-10-8-11-15-26)44-33-20-28(55-6)18-19-31(33)36/h7-20,22,27,29,34-35,43H,1,21,23-25H2,2-6H3,(H,45,52)(H,46,49)(H,47,51)/t27-,29-,34+,35+,42-/m1/s1. The average Bonchev–Trinajstić information content (AvgIpc) is 3.75. The van der Waals surface area contributed by atoms with E-state index in [2.05, 4.69) is 27.3 Å². The van der Waals surface area contributed by atoms with E-state index in [0.717, 1.165) is 5.56 Å². The monoisotopic (exact) mass is 812 g/mol. The maximum absolute atomic E-state index is 14.5. The number of ether oxygens (including phenoxy) is 3. The molecule has 1 aliphatic carbocycles. The molecule has 5 atom stereocenters. The first-order valence-corrected chi connectivity index (χ1v) is 20.3. The molecule has 2 heterocycles. The smallest absolute Gasteiger partial charge is 0.408 e. The van der Waals surface area contributed by atoms with E-state index < -0.39 is 69.1 Å². The third-order valence-electron chi connectivity index (χ3n) is 9.92. The van der Waals surface area contributed by atoms with Gasteiger partial charge in [0.2, 0.25) is 11.8 Å². The van der Waals surface area contributed by atoms with Crippen LogP contribution in [0.3, 0.4) is 0 Å². The minimum Gasteiger partial charge on any atom is -0.497 e. The quantitative estimate of drug-likeness (QED) is 0.135. The Kier molecular flexibility index (Phi) is 12.1. The van der Waals surface area contributed by atoms with E-state index in [4.69, 9.17) is 19.2 Å². The van der Waals surface area contributed by atoms with Crippen molar-refractivity contribution in [1.82, 2.24) is 30.6 Å². The highest BCUT2D eigenvalue weighted by atomic mass is 32.2. The number of nitrogens with zero attached hydrogens (tertiary/aromatic N) is 2. The second-order valence-electron chi connectivity index (χ2n) is 15.2. The van der Waals surface area contributed by atoms with Crippen molar-refractivity contribution in [3.8, 4) is 22.8 Å². The Hall–Kier alpha value is -6.00. The van der Waals surface area contributed by atoms with Crippen LogP contribution in [0.25, 0.3) is 22.2 Å². The fourth-order valence-electron chi connectivity index (χ4n) is 6.98. The van der Waals surface area contributed by atoms with Crippen molar-refractivity contribution in [3.05, 3.63) is 97.6 Å². The molecule has 2 fully saturated rings. The minimum atomic E-state index is -4.29. The zero-order chi connectivity index (χ0) is 41.8. The van der Waals surface area contributed by atoms with E-state index in [-0.39, 0.29) is 30.8 Å². The number of aromatic nitrogens is 1. The molecule has 58 heavy (non-hydrogen) atoms. The van der Waals surface area contributed by atoms with Gasteiger partial charge in [-0.2, -0.15) is 0 Å². The van der Waals surface area contributed by atoms with Crippen molar-refractivity contribution in [2.24, 2.45) is 5.92 Å². The maximum atomic E-state index is 14.5. The Bertz CT molecular complexity index is 2300. The van der Waals surface area contributed by atoms with Crippen LogP contribution in [0.2, 0.25) is 0 Å². The van der Waals surface area contributed by atoms with Gasteiger partial charge in [0.05, 0.1) is 29.8 Å². The number of alkyl carbamates (subject to hydrolysis) is 1. The van der Waals surface area contributed by atoms with Crippen LogP contribution in [0.5, 0.6) is 11.5 Å². The molecule has 2 aliphatic rings. The van der Waals surface area contributed by atoms with Crippen LogP contribution in [-0.4, -0.2) is 98.7 Å². The topological polar surface area (TPSA) is 194 Å². The lowest BCUT2D eigenvalue weighted by Gasteiger charge is -2.30. The van der Waals surface area contributed by atoms with Gasteiger partial charge in [0.15, 0.2) is 0 Å². The molecule has 6 rings (SSSR count). The van der Waals surface area contributed by atoms with Crippen molar-refractivity contribution in [2.45, 2.75) is 67.8 Å². The van der Waals surface area contributed by atoms with Gasteiger partial charge in [-0.25, -0.2) is 22.9 Å². The second-order valence-corrected chi connectivity index (χ2v) is 16.9. The normalized spacial score (nSPS) is 20.7. The number of rotatable bonds is 14. The zero-order valence-electron chi connectivity index (χ0n) is 33.0. The molecule has 4 aromatic rings. The van der Waals surface area contributed by atoms with Gasteiger partial charge in [-0.3, -0.25) is 14.4 Å². The summed E-state index contributed by atoms with van der Waals surface area (Å²) >= 11 is 0. The molecule has 3 aromatic carbocycles. The van der Waals surface area contributed by atoms with Crippen LogP contribution in [0.1, 0.15) is 33.6 Å². The van der Waals surface area contributed by atoms with E-state index >= 15 is 0 Å². The lowest BCUT2D eigenvalue weighted by atomic mass is 10.1. The molecule has 306 valence electrons. The first-order valence-electron chi connectivity index (χ1n) is 18.8. The van der Waals surface area contributed by atoms with Crippen LogP contribution < -0.4 is 30.1 Å². The van der Waals surface area contributed by atoms with Gasteiger partial charge < -0.3 is 35.1 Å². The number of fused-ring (bicyclic) bond motifs is 1. The van der Waals surface area contributed by atoms with Gasteiger partial charge in [-0.05, 0) is 58.5 Å². The van der Waals surface area contributed by atoms with Gasteiger partial charge in [-0.15, -0.1) is 6.58 Å². The maximum Gasteiger partial charge on any atom is 0.408 e. The SMILES string of the molecule is C=C[C@@H]1C[C@]1(NC(=O)[C@@H]1C[C@@H](Oc2cc(-c3ccccc3)nc3cc(OC)ccc23)CN1C(=O)[C@H](CNC)NC(=O)OC(C)(C)C)C(=O)NS(=O)(=O)c1ccccc1. The summed E-state index contributed by atoms with van der Waals surface area (Å²) in [5.41, 5.74) is -0.459. The Morgan fingerprint density at radius 1 is 1.02 bits per heavy atom. The number of benzene rings is 3. The molecule has 0 bridgehead atoms. The van der Waals surface area contributed by atoms with Crippen LogP contribution in [-0.2, 0) is 29.1 Å². The highest BCUT2D eigenvalue weighted by molar-refractivity contribution is 7.90. The Labute approximate surface area is 337 Å². The molecule has 1 saturated carbocycles. The molecular weight excluding hydrogens is 765 g/mol. The third-order valence-corrected chi connectivity index (χ3v) is 11.3. The molecule has 1 aromatic heterocycles. The molecular formula is C42H48N6O9S. The summed E-state index contributed by atoms with van der Waals surface area (Å²) in [4.78, 5) is 61.6. The van der Waals surface area contributed by atoms with Gasteiger partial charge in [0, 0.05) is 42.0 Å². The van der Waals surface area contributed by atoms with Gasteiger partial charge >= 0.3 is 6.09 Å². The predicted octanol–water partition coefficient (Wildman–Crippen LogP) is 3.94. The molecule has 4 amide bonds. The number of likely N-dealkylation sites (N-methyl/N-ethyl adjacent to an activating group) is 1. The largest absolute Gasteiger partial charge is 0.497 e. The number of sulfonamides is 1. The van der Waals surface area contributed by atoms with Crippen molar-refractivity contribution >= 4 is 44.7 Å². The lowest BCUT2D eigenvalue weighted by molar-refractivity contribution is -0.141. The lowest BCUT2D eigenvalue weighted by Crippen LogP contribution is -2.59. The molecule has 0 radical (unpaired) electrons. The highest BCUT2D eigenvalue weighted by Crippen LogP contribution is 2.45. The van der Waals surface area contributed by atoms with Gasteiger partial charge in [0.25, 0.3) is 15.9 Å². The second kappa shape index (κ2) is 16.8. The van der Waals surface area contributed by atoms with E-state index in [0.29, 0.717) is 28.1 Å². The fourth-order valence-corrected chi connectivity index (χ4v) is 8.03. The zero-order valence-corrected chi connectivity index (χ0v) is 33.8. The Morgan fingerprint density at radius 2 is 1.71 bits per heavy atom. The summed E-state index contributed by atoms with van der Waals surface area (Å²) in [5, 5.41) is 8.97. The fraction of sp³-hybridized carbons (Fsp3) is 0.357. The molecule has 4 N–H and O–H groups in total. The summed E-state index contributed by atoms with van der Waals surface area (Å²) in [6, 6.07) is 21.7. The van der Waals surface area contributed by atoms with Crippen LogP contribution in [0, 0.1) is 5.92 Å². The number of amides is 4. The summed E-state index contributed by atoms with van der Waals surface area (Å²) in [6.07, 6.45) is -0.0554. The van der Waals surface area contributed by atoms with Crippen molar-refractivity contribution < 1.29 is 41.8 Å². The minimum absolute atomic E-state index is 0.00602. The molecule has 15 nitrogen and oxygen atoms in total. The number of likely N-dealkylation sites (tertiary alicyclic amines) is 1. The third kappa shape index (κ3) is 9.24. The molecule has 0 unspecified atom stereocenters. The first-order chi connectivity index (χ1) is 27.6. The Balaban J connectivity index is 1.33. The number of hydrogen-bond donors (Lipinski definition) is 4. The Morgan fingerprint density at radius 3 is 2.33 bits per heavy atom. The number of pyridine rings is 1. The predicted molar refractivity (Wildman–Crippen MR) is 216 cm³/mol. The average molecular weight is 813 g/mol. The molecule has 1 aliphatic heterocycles. The van der Waals surface area contributed by atoms with E-state index in [1.165, 1.54) is 35.2 Å². The van der Waals surface area contributed by atoms with Crippen LogP contribution in [0.4, 0.5) is 4.79 Å². The summed E-state index contributed by atoms with van der Waals surface area (Å²) < 4.78 is 46.0. The molecule has 16 heteroatoms. The van der Waals surface area contributed by atoms with E-state index in [1.807, 2.05) is 36.4 Å².